The predicted molar refractivity (Wildman–Crippen MR) is 173 cm³/mol. The molecular formula is C36H39N3O6. The average Bonchev–Trinajstić information content (AvgIpc) is 3.52. The van der Waals surface area contributed by atoms with Crippen LogP contribution in [0, 0.1) is 0 Å². The largest absolute Gasteiger partial charge is 0.497 e. The Balaban J connectivity index is 1.42. The number of rotatable bonds is 14. The highest BCUT2D eigenvalue weighted by Gasteiger charge is 2.26. The first kappa shape index (κ1) is 31.3. The van der Waals surface area contributed by atoms with Crippen molar-refractivity contribution in [3.05, 3.63) is 114 Å². The molecule has 45 heavy (non-hydrogen) atoms. The van der Waals surface area contributed by atoms with E-state index in [4.69, 9.17) is 28.7 Å². The van der Waals surface area contributed by atoms with Gasteiger partial charge in [0.25, 0.3) is 0 Å². The van der Waals surface area contributed by atoms with Gasteiger partial charge >= 0.3 is 0 Å². The lowest BCUT2D eigenvalue weighted by Crippen LogP contribution is -2.30. The smallest absolute Gasteiger partial charge is 0.223 e. The Bertz CT molecular complexity index is 1710. The van der Waals surface area contributed by atoms with E-state index >= 15 is 0 Å². The maximum atomic E-state index is 13.8. The molecule has 0 spiro atoms. The summed E-state index contributed by atoms with van der Waals surface area (Å²) >= 11 is 0. The zero-order valence-corrected chi connectivity index (χ0v) is 26.4. The maximum absolute atomic E-state index is 13.8. The number of likely N-dealkylation sites (N-methyl/N-ethyl adjacent to an activating group) is 1. The molecule has 234 valence electrons. The quantitative estimate of drug-likeness (QED) is 0.149. The van der Waals surface area contributed by atoms with Crippen LogP contribution in [0.1, 0.15) is 34.7 Å². The highest BCUT2D eigenvalue weighted by atomic mass is 16.5. The summed E-state index contributed by atoms with van der Waals surface area (Å²) in [5, 5.41) is 0. The molecule has 0 bridgehead atoms. The molecule has 1 amide bonds. The number of carbonyl (C=O) groups excluding carboxylic acids is 1. The number of imidazole rings is 1. The van der Waals surface area contributed by atoms with Gasteiger partial charge in [-0.1, -0.05) is 36.4 Å². The first-order chi connectivity index (χ1) is 21.9. The fraction of sp³-hybridized carbons (Fsp3) is 0.278. The molecule has 0 N–H and O–H groups in total. The molecule has 0 aliphatic rings. The third-order valence-corrected chi connectivity index (χ3v) is 7.89. The summed E-state index contributed by atoms with van der Waals surface area (Å²) in [4.78, 5) is 20.3. The van der Waals surface area contributed by atoms with Gasteiger partial charge in [0.2, 0.25) is 5.91 Å². The number of hydrogen-bond acceptors (Lipinski definition) is 7. The van der Waals surface area contributed by atoms with Crippen LogP contribution in [0.2, 0.25) is 0 Å². The summed E-state index contributed by atoms with van der Waals surface area (Å²) in [6, 6.07) is 25.4. The van der Waals surface area contributed by atoms with Gasteiger partial charge in [0, 0.05) is 44.4 Å². The highest BCUT2D eigenvalue weighted by Crippen LogP contribution is 2.36. The summed E-state index contributed by atoms with van der Waals surface area (Å²) in [7, 11) is 8.29. The molecule has 0 aliphatic carbocycles. The third kappa shape index (κ3) is 7.32. The normalized spacial score (nSPS) is 11.6. The first-order valence-corrected chi connectivity index (χ1v) is 14.7. The second kappa shape index (κ2) is 14.5. The van der Waals surface area contributed by atoms with Crippen LogP contribution >= 0.6 is 0 Å². The van der Waals surface area contributed by atoms with E-state index in [2.05, 4.69) is 0 Å². The number of methoxy groups -OCH3 is 4. The molecule has 1 unspecified atom stereocenters. The lowest BCUT2D eigenvalue weighted by molar-refractivity contribution is -0.130. The Morgan fingerprint density at radius 3 is 2.22 bits per heavy atom. The van der Waals surface area contributed by atoms with Crippen molar-refractivity contribution in [3.63, 3.8) is 0 Å². The van der Waals surface area contributed by atoms with E-state index in [1.54, 1.807) is 33.3 Å². The number of ether oxygens (including phenoxy) is 5. The van der Waals surface area contributed by atoms with Crippen molar-refractivity contribution >= 4 is 11.6 Å². The second-order valence-corrected chi connectivity index (χ2v) is 10.7. The Morgan fingerprint density at radius 1 is 0.800 bits per heavy atom. The van der Waals surface area contributed by atoms with Crippen molar-refractivity contribution in [2.75, 3.05) is 42.0 Å². The third-order valence-electron chi connectivity index (χ3n) is 7.89. The van der Waals surface area contributed by atoms with Crippen molar-refractivity contribution in [1.82, 2.24) is 14.3 Å². The summed E-state index contributed by atoms with van der Waals surface area (Å²) < 4.78 is 30.2. The van der Waals surface area contributed by atoms with Crippen molar-refractivity contribution in [2.24, 2.45) is 0 Å². The van der Waals surface area contributed by atoms with Gasteiger partial charge in [0.1, 0.15) is 18.1 Å². The van der Waals surface area contributed by atoms with E-state index in [1.165, 1.54) is 0 Å². The Labute approximate surface area is 263 Å². The van der Waals surface area contributed by atoms with Gasteiger partial charge in [0.05, 0.1) is 34.1 Å². The molecule has 9 nitrogen and oxygen atoms in total. The van der Waals surface area contributed by atoms with E-state index in [1.807, 2.05) is 103 Å². The molecule has 5 rings (SSSR count). The molecule has 2 aromatic heterocycles. The topological polar surface area (TPSA) is 83.8 Å². The minimum Gasteiger partial charge on any atom is -0.497 e. The molecule has 0 aliphatic heterocycles. The van der Waals surface area contributed by atoms with Gasteiger partial charge in [-0.05, 0) is 59.5 Å². The van der Waals surface area contributed by atoms with E-state index in [9.17, 15) is 4.79 Å². The first-order valence-electron chi connectivity index (χ1n) is 14.7. The maximum Gasteiger partial charge on any atom is 0.223 e. The van der Waals surface area contributed by atoms with Gasteiger partial charge < -0.3 is 33.0 Å². The number of fused-ring (bicyclic) bond motifs is 1. The number of carbonyl (C=O) groups is 1. The van der Waals surface area contributed by atoms with Crippen LogP contribution in [0.15, 0.2) is 91.3 Å². The number of pyridine rings is 1. The van der Waals surface area contributed by atoms with E-state index in [-0.39, 0.29) is 18.2 Å². The van der Waals surface area contributed by atoms with Gasteiger partial charge in [0.15, 0.2) is 22.9 Å². The van der Waals surface area contributed by atoms with Crippen LogP contribution in [0.5, 0.6) is 28.7 Å². The van der Waals surface area contributed by atoms with Crippen molar-refractivity contribution in [2.45, 2.75) is 25.4 Å². The van der Waals surface area contributed by atoms with E-state index in [0.717, 1.165) is 22.4 Å². The summed E-state index contributed by atoms with van der Waals surface area (Å²) in [5.74, 6) is 2.93. The molecule has 0 saturated carbocycles. The zero-order chi connectivity index (χ0) is 31.8. The second-order valence-electron chi connectivity index (χ2n) is 10.7. The zero-order valence-electron chi connectivity index (χ0n) is 26.4. The van der Waals surface area contributed by atoms with Crippen LogP contribution in [0.25, 0.3) is 5.65 Å². The summed E-state index contributed by atoms with van der Waals surface area (Å²) in [5.41, 5.74) is 4.52. The number of benzene rings is 3. The number of amides is 1. The highest BCUT2D eigenvalue weighted by molar-refractivity contribution is 5.77. The molecule has 0 fully saturated rings. The van der Waals surface area contributed by atoms with Gasteiger partial charge in [-0.15, -0.1) is 0 Å². The molecule has 3 aromatic carbocycles. The average molecular weight is 610 g/mol. The molecule has 1 atom stereocenters. The Kier molecular flexibility index (Phi) is 10.1. The lowest BCUT2D eigenvalue weighted by atomic mass is 9.91. The van der Waals surface area contributed by atoms with Crippen LogP contribution in [0.4, 0.5) is 0 Å². The van der Waals surface area contributed by atoms with Crippen LogP contribution in [0.3, 0.4) is 0 Å². The minimum atomic E-state index is -0.343. The van der Waals surface area contributed by atoms with Crippen LogP contribution < -0.4 is 23.7 Å². The SMILES string of the molecule is COc1cc(OC)cc(C(CC(=O)N(C)CCc2ccc(OC)c(OC)c2)c2cnc3c(OCc4ccccc4)cccn23)c1. The van der Waals surface area contributed by atoms with Gasteiger partial charge in [-0.25, -0.2) is 4.98 Å². The summed E-state index contributed by atoms with van der Waals surface area (Å²) in [6.07, 6.45) is 4.64. The molecule has 0 radical (unpaired) electrons. The Hall–Kier alpha value is -5.18. The molecule has 5 aromatic rings. The van der Waals surface area contributed by atoms with E-state index < -0.39 is 0 Å². The fourth-order valence-electron chi connectivity index (χ4n) is 5.32. The molecule has 9 heteroatoms. The number of hydrogen-bond donors (Lipinski definition) is 0. The molecule has 0 saturated heterocycles. The van der Waals surface area contributed by atoms with E-state index in [0.29, 0.717) is 54.0 Å². The fourth-order valence-corrected chi connectivity index (χ4v) is 5.32. The van der Waals surface area contributed by atoms with Crippen molar-refractivity contribution in [3.8, 4) is 28.7 Å². The van der Waals surface area contributed by atoms with Crippen molar-refractivity contribution in [1.29, 1.82) is 0 Å². The van der Waals surface area contributed by atoms with Crippen LogP contribution in [-0.4, -0.2) is 62.2 Å². The standard InChI is InChI=1S/C36H39N3O6/c1-38(17-15-25-13-14-32(43-4)34(18-25)44-5)35(40)22-30(27-19-28(41-2)21-29(20-27)42-3)31-23-37-36-33(12-9-16-39(31)36)45-24-26-10-7-6-8-11-26/h6-14,16,18-21,23,30H,15,17,22,24H2,1-5H3. The number of nitrogens with zero attached hydrogens (tertiary/aromatic N) is 3. The summed E-state index contributed by atoms with van der Waals surface area (Å²) in [6.45, 7) is 0.954. The van der Waals surface area contributed by atoms with Crippen molar-refractivity contribution < 1.29 is 28.5 Å². The minimum absolute atomic E-state index is 0.00584. The lowest BCUT2D eigenvalue weighted by Gasteiger charge is -2.23. The molecular weight excluding hydrogens is 570 g/mol. The molecule has 2 heterocycles. The number of aromatic nitrogens is 2. The van der Waals surface area contributed by atoms with Gasteiger partial charge in [-0.2, -0.15) is 0 Å². The monoisotopic (exact) mass is 609 g/mol. The predicted octanol–water partition coefficient (Wildman–Crippen LogP) is 6.17. The van der Waals surface area contributed by atoms with Gasteiger partial charge in [-0.3, -0.25) is 4.79 Å². The van der Waals surface area contributed by atoms with Crippen LogP contribution in [-0.2, 0) is 17.8 Å². The Morgan fingerprint density at radius 2 is 1.53 bits per heavy atom.